The summed E-state index contributed by atoms with van der Waals surface area (Å²) in [6, 6.07) is 8.04. The van der Waals surface area contributed by atoms with Crippen molar-refractivity contribution in [2.75, 3.05) is 33.3 Å². The first kappa shape index (κ1) is 28.9. The van der Waals surface area contributed by atoms with Crippen molar-refractivity contribution in [2.24, 2.45) is 11.8 Å². The third kappa shape index (κ3) is 9.35. The third-order valence-electron chi connectivity index (χ3n) is 7.76. The number of hydrogen-bond donors (Lipinski definition) is 2. The molecular weight excluding hydrogens is 474 g/mol. The van der Waals surface area contributed by atoms with Gasteiger partial charge in [0.2, 0.25) is 0 Å². The number of Topliss-reactive ketones (excluding diaryl/α,β-unsaturated/α-hetero) is 1. The fourth-order valence-electron chi connectivity index (χ4n) is 5.82. The standard InChI is InChI=1S/C29H46ClN3O3/c1-3-27(34)15-9-17-36-28(23-12-7-14-25(30)19-23)24-13-8-16-33(21-24)29(35)32-26(20-31-2)18-22-10-5-4-6-11-22/h7,12,14,19,22,24,26,28,31H,3-6,8-11,13,15-18,20-21H2,1-2H3,(H,32,35)/t24?,26?,28-/m0/s1. The summed E-state index contributed by atoms with van der Waals surface area (Å²) in [4.78, 5) is 27.0. The Hall–Kier alpha value is -1.63. The van der Waals surface area contributed by atoms with Crippen LogP contribution >= 0.6 is 11.6 Å². The zero-order chi connectivity index (χ0) is 25.8. The molecule has 0 spiro atoms. The number of nitrogens with one attached hydrogen (secondary N) is 2. The molecule has 1 aromatic carbocycles. The van der Waals surface area contributed by atoms with E-state index in [0.717, 1.165) is 37.9 Å². The Morgan fingerprint density at radius 1 is 1.17 bits per heavy atom. The van der Waals surface area contributed by atoms with Gasteiger partial charge in [0.1, 0.15) is 5.78 Å². The van der Waals surface area contributed by atoms with Crippen LogP contribution in [0.25, 0.3) is 0 Å². The van der Waals surface area contributed by atoms with Gasteiger partial charge >= 0.3 is 6.03 Å². The molecule has 1 aromatic rings. The predicted octanol–water partition coefficient (Wildman–Crippen LogP) is 6.14. The van der Waals surface area contributed by atoms with Gasteiger partial charge in [-0.05, 0) is 56.3 Å². The Kier molecular flexibility index (Phi) is 12.5. The smallest absolute Gasteiger partial charge is 0.317 e. The molecule has 1 heterocycles. The molecule has 202 valence electrons. The molecule has 2 N–H and O–H groups in total. The minimum absolute atomic E-state index is 0.0362. The van der Waals surface area contributed by atoms with Gasteiger partial charge in [0.25, 0.3) is 0 Å². The van der Waals surface area contributed by atoms with E-state index in [-0.39, 0.29) is 29.9 Å². The van der Waals surface area contributed by atoms with Crippen molar-refractivity contribution in [3.8, 4) is 0 Å². The van der Waals surface area contributed by atoms with Gasteiger partial charge in [-0.3, -0.25) is 4.79 Å². The van der Waals surface area contributed by atoms with Gasteiger partial charge in [0.15, 0.2) is 0 Å². The van der Waals surface area contributed by atoms with Crippen LogP contribution in [0.1, 0.15) is 89.2 Å². The van der Waals surface area contributed by atoms with E-state index in [1.807, 2.05) is 37.1 Å². The lowest BCUT2D eigenvalue weighted by Crippen LogP contribution is -2.52. The van der Waals surface area contributed by atoms with Gasteiger partial charge < -0.3 is 20.3 Å². The molecule has 1 aliphatic heterocycles. The first-order valence-electron chi connectivity index (χ1n) is 14.1. The lowest BCUT2D eigenvalue weighted by Gasteiger charge is -2.38. The molecular formula is C29H46ClN3O3. The molecule has 36 heavy (non-hydrogen) atoms. The van der Waals surface area contributed by atoms with Crippen LogP contribution in [-0.4, -0.2) is 56.0 Å². The van der Waals surface area contributed by atoms with Crippen LogP contribution in [0.4, 0.5) is 4.79 Å². The molecule has 0 aromatic heterocycles. The maximum absolute atomic E-state index is 13.3. The summed E-state index contributed by atoms with van der Waals surface area (Å²) in [6.45, 7) is 4.65. The highest BCUT2D eigenvalue weighted by atomic mass is 35.5. The number of amides is 2. The minimum Gasteiger partial charge on any atom is -0.373 e. The highest BCUT2D eigenvalue weighted by molar-refractivity contribution is 6.30. The van der Waals surface area contributed by atoms with E-state index in [4.69, 9.17) is 16.3 Å². The van der Waals surface area contributed by atoms with Crippen LogP contribution in [0.15, 0.2) is 24.3 Å². The summed E-state index contributed by atoms with van der Waals surface area (Å²) >= 11 is 6.31. The van der Waals surface area contributed by atoms with Crippen molar-refractivity contribution in [3.63, 3.8) is 0 Å². The first-order valence-corrected chi connectivity index (χ1v) is 14.5. The number of piperidine rings is 1. The van der Waals surface area contributed by atoms with Gasteiger partial charge in [-0.2, -0.15) is 0 Å². The zero-order valence-corrected chi connectivity index (χ0v) is 23.0. The molecule has 3 rings (SSSR count). The molecule has 0 radical (unpaired) electrons. The number of ketones is 1. The number of hydrogen-bond acceptors (Lipinski definition) is 4. The first-order chi connectivity index (χ1) is 17.5. The molecule has 1 aliphatic carbocycles. The molecule has 6 nitrogen and oxygen atoms in total. The maximum atomic E-state index is 13.3. The van der Waals surface area contributed by atoms with Crippen molar-refractivity contribution < 1.29 is 14.3 Å². The van der Waals surface area contributed by atoms with E-state index in [9.17, 15) is 9.59 Å². The monoisotopic (exact) mass is 519 g/mol. The molecule has 7 heteroatoms. The molecule has 3 atom stereocenters. The zero-order valence-electron chi connectivity index (χ0n) is 22.3. The second-order valence-electron chi connectivity index (χ2n) is 10.6. The highest BCUT2D eigenvalue weighted by Gasteiger charge is 2.32. The van der Waals surface area contributed by atoms with E-state index in [0.29, 0.717) is 43.4 Å². The predicted molar refractivity (Wildman–Crippen MR) is 146 cm³/mol. The summed E-state index contributed by atoms with van der Waals surface area (Å²) in [5.41, 5.74) is 1.04. The van der Waals surface area contributed by atoms with Gasteiger partial charge in [-0.15, -0.1) is 0 Å². The van der Waals surface area contributed by atoms with E-state index >= 15 is 0 Å². The van der Waals surface area contributed by atoms with Gasteiger partial charge in [0.05, 0.1) is 6.10 Å². The number of urea groups is 1. The fourth-order valence-corrected chi connectivity index (χ4v) is 6.02. The minimum atomic E-state index is -0.147. The number of likely N-dealkylation sites (tertiary alicyclic amines) is 1. The van der Waals surface area contributed by atoms with Crippen LogP contribution in [0.2, 0.25) is 5.02 Å². The van der Waals surface area contributed by atoms with Crippen molar-refractivity contribution in [1.29, 1.82) is 0 Å². The second-order valence-corrected chi connectivity index (χ2v) is 11.1. The summed E-state index contributed by atoms with van der Waals surface area (Å²) in [6.07, 6.45) is 11.2. The molecule has 2 aliphatic rings. The van der Waals surface area contributed by atoms with E-state index in [2.05, 4.69) is 16.7 Å². The molecule has 2 fully saturated rings. The van der Waals surface area contributed by atoms with Crippen molar-refractivity contribution >= 4 is 23.4 Å². The largest absolute Gasteiger partial charge is 0.373 e. The van der Waals surface area contributed by atoms with E-state index < -0.39 is 0 Å². The second kappa shape index (κ2) is 15.6. The Morgan fingerprint density at radius 3 is 2.69 bits per heavy atom. The average molecular weight is 520 g/mol. The Morgan fingerprint density at radius 2 is 1.97 bits per heavy atom. The Bertz CT molecular complexity index is 815. The molecule has 2 unspecified atom stereocenters. The Balaban J connectivity index is 1.62. The van der Waals surface area contributed by atoms with Crippen molar-refractivity contribution in [1.82, 2.24) is 15.5 Å². The lowest BCUT2D eigenvalue weighted by atomic mass is 9.85. The maximum Gasteiger partial charge on any atom is 0.317 e. The lowest BCUT2D eigenvalue weighted by molar-refractivity contribution is -0.119. The molecule has 0 bridgehead atoms. The summed E-state index contributed by atoms with van der Waals surface area (Å²) in [7, 11) is 1.96. The SMILES string of the molecule is CCC(=O)CCCO[C@@H](c1cccc(Cl)c1)C1CCCN(C(=O)NC(CNC)CC2CCCCC2)C1. The van der Waals surface area contributed by atoms with Crippen LogP contribution < -0.4 is 10.6 Å². The quantitative estimate of drug-likeness (QED) is 0.307. The van der Waals surface area contributed by atoms with Gasteiger partial charge in [-0.1, -0.05) is 62.8 Å². The average Bonchev–Trinajstić information content (AvgIpc) is 2.89. The number of carbonyl (C=O) groups excluding carboxylic acids is 2. The van der Waals surface area contributed by atoms with Crippen LogP contribution in [0.5, 0.6) is 0 Å². The Labute approximate surface area is 222 Å². The number of halogens is 1. The van der Waals surface area contributed by atoms with E-state index in [1.165, 1.54) is 32.1 Å². The molecule has 1 saturated heterocycles. The highest BCUT2D eigenvalue weighted by Crippen LogP contribution is 2.34. The number of likely N-dealkylation sites (N-methyl/N-ethyl adjacent to an activating group) is 1. The molecule has 1 saturated carbocycles. The summed E-state index contributed by atoms with van der Waals surface area (Å²) in [5.74, 6) is 1.17. The molecule has 2 amide bonds. The summed E-state index contributed by atoms with van der Waals surface area (Å²) in [5, 5.41) is 7.30. The number of benzene rings is 1. The summed E-state index contributed by atoms with van der Waals surface area (Å²) < 4.78 is 6.39. The normalized spacial score (nSPS) is 20.6. The number of nitrogens with zero attached hydrogens (tertiary/aromatic N) is 1. The van der Waals surface area contributed by atoms with Crippen molar-refractivity contribution in [2.45, 2.75) is 89.7 Å². The van der Waals surface area contributed by atoms with Gasteiger partial charge in [-0.25, -0.2) is 4.79 Å². The van der Waals surface area contributed by atoms with Gasteiger partial charge in [0, 0.05) is 56.1 Å². The number of carbonyl (C=O) groups is 2. The van der Waals surface area contributed by atoms with Crippen molar-refractivity contribution in [3.05, 3.63) is 34.9 Å². The fraction of sp³-hybridized carbons (Fsp3) is 0.724. The van der Waals surface area contributed by atoms with Crippen LogP contribution in [0, 0.1) is 11.8 Å². The van der Waals surface area contributed by atoms with E-state index in [1.54, 1.807) is 0 Å². The number of rotatable bonds is 13. The topological polar surface area (TPSA) is 70.7 Å². The third-order valence-corrected chi connectivity index (χ3v) is 8.00. The number of ether oxygens (including phenoxy) is 1. The van der Waals surface area contributed by atoms with Crippen LogP contribution in [0.3, 0.4) is 0 Å². The van der Waals surface area contributed by atoms with Crippen LogP contribution in [-0.2, 0) is 9.53 Å².